The van der Waals surface area contributed by atoms with Gasteiger partial charge in [0.05, 0.1) is 0 Å². The van der Waals surface area contributed by atoms with E-state index in [1.165, 1.54) is 6.08 Å². The number of amides is 5. The molecule has 0 fully saturated rings. The minimum absolute atomic E-state index is 0.0126. The summed E-state index contributed by atoms with van der Waals surface area (Å²) in [5, 5.41) is 22.8. The largest absolute Gasteiger partial charge is 0.480 e. The van der Waals surface area contributed by atoms with Crippen LogP contribution >= 0.6 is 0 Å². The molecule has 5 atom stereocenters. The van der Waals surface area contributed by atoms with Crippen molar-refractivity contribution in [2.45, 2.75) is 91.4 Å². The van der Waals surface area contributed by atoms with E-state index < -0.39 is 42.1 Å². The van der Waals surface area contributed by atoms with Gasteiger partial charge in [-0.3, -0.25) is 14.4 Å². The number of carboxylic acids is 1. The summed E-state index contributed by atoms with van der Waals surface area (Å²) in [4.78, 5) is 62.3. The quantitative estimate of drug-likeness (QED) is 0.274. The third-order valence-corrected chi connectivity index (χ3v) is 6.34. The molecule has 0 aromatic rings. The van der Waals surface area contributed by atoms with Crippen molar-refractivity contribution in [2.24, 2.45) is 17.8 Å². The first-order chi connectivity index (χ1) is 16.9. The second-order valence-electron chi connectivity index (χ2n) is 10.0. The lowest BCUT2D eigenvalue weighted by atomic mass is 9.97. The van der Waals surface area contributed by atoms with Crippen molar-refractivity contribution in [3.63, 3.8) is 0 Å². The lowest BCUT2D eigenvalue weighted by Gasteiger charge is -2.29. The molecular weight excluding hydrogens is 466 g/mol. The topological polar surface area (TPSA) is 166 Å². The Morgan fingerprint density at radius 1 is 1.06 bits per heavy atom. The first-order valence-electron chi connectivity index (χ1n) is 12.7. The van der Waals surface area contributed by atoms with Crippen LogP contribution in [0.4, 0.5) is 4.79 Å². The zero-order chi connectivity index (χ0) is 27.4. The first-order valence-corrected chi connectivity index (χ1v) is 12.7. The molecule has 1 aliphatic heterocycles. The van der Waals surface area contributed by atoms with Crippen molar-refractivity contribution in [2.75, 3.05) is 6.54 Å². The maximum Gasteiger partial charge on any atom is 0.326 e. The lowest BCUT2D eigenvalue weighted by molar-refractivity contribution is -0.140. The maximum absolute atomic E-state index is 13.3. The molecule has 5 unspecified atom stereocenters. The lowest BCUT2D eigenvalue weighted by Crippen LogP contribution is -2.59. The van der Waals surface area contributed by atoms with E-state index in [4.69, 9.17) is 0 Å². The first kappa shape index (κ1) is 30.9. The molecular formula is C25H43N5O6. The third-order valence-electron chi connectivity index (χ3n) is 6.34. The Morgan fingerprint density at radius 3 is 2.25 bits per heavy atom. The maximum atomic E-state index is 13.3. The zero-order valence-corrected chi connectivity index (χ0v) is 22.2. The van der Waals surface area contributed by atoms with Crippen LogP contribution in [0.3, 0.4) is 0 Å². The molecule has 0 spiro atoms. The Kier molecular flexibility index (Phi) is 13.0. The van der Waals surface area contributed by atoms with Gasteiger partial charge in [0, 0.05) is 18.7 Å². The highest BCUT2D eigenvalue weighted by Gasteiger charge is 2.32. The number of carbonyl (C=O) groups is 5. The van der Waals surface area contributed by atoms with Crippen molar-refractivity contribution < 1.29 is 29.1 Å². The fraction of sp³-hybridized carbons (Fsp3) is 0.720. The van der Waals surface area contributed by atoms with Crippen molar-refractivity contribution in [1.29, 1.82) is 0 Å². The summed E-state index contributed by atoms with van der Waals surface area (Å²) >= 11 is 0. The molecule has 1 rings (SSSR count). The summed E-state index contributed by atoms with van der Waals surface area (Å²) < 4.78 is 0. The number of carbonyl (C=O) groups excluding carboxylic acids is 4. The van der Waals surface area contributed by atoms with E-state index in [2.05, 4.69) is 26.6 Å². The van der Waals surface area contributed by atoms with Gasteiger partial charge in [0.2, 0.25) is 17.7 Å². The van der Waals surface area contributed by atoms with E-state index in [9.17, 15) is 29.1 Å². The number of nitrogens with one attached hydrogen (secondary N) is 5. The Morgan fingerprint density at radius 2 is 1.69 bits per heavy atom. The summed E-state index contributed by atoms with van der Waals surface area (Å²) in [5.74, 6) is -2.88. The molecule has 0 saturated carbocycles. The van der Waals surface area contributed by atoms with Gasteiger partial charge in [-0.1, -0.05) is 54.0 Å². The average Bonchev–Trinajstić information content (AvgIpc) is 2.80. The van der Waals surface area contributed by atoms with Crippen LogP contribution in [-0.4, -0.2) is 65.5 Å². The molecule has 0 aliphatic carbocycles. The Bertz CT molecular complexity index is 813. The fourth-order valence-electron chi connectivity index (χ4n) is 3.71. The van der Waals surface area contributed by atoms with Gasteiger partial charge in [-0.25, -0.2) is 9.59 Å². The molecule has 1 aliphatic rings. The fourth-order valence-corrected chi connectivity index (χ4v) is 3.71. The van der Waals surface area contributed by atoms with Gasteiger partial charge in [0.15, 0.2) is 0 Å². The van der Waals surface area contributed by atoms with E-state index in [0.717, 1.165) is 0 Å². The number of urea groups is 1. The van der Waals surface area contributed by atoms with Crippen molar-refractivity contribution >= 4 is 29.7 Å². The molecule has 11 heteroatoms. The number of carboxylic acid groups (broad SMARTS) is 1. The van der Waals surface area contributed by atoms with Crippen LogP contribution in [-0.2, 0) is 19.2 Å². The molecule has 0 bridgehead atoms. The monoisotopic (exact) mass is 509 g/mol. The van der Waals surface area contributed by atoms with E-state index in [-0.39, 0.29) is 29.6 Å². The minimum Gasteiger partial charge on any atom is -0.480 e. The highest BCUT2D eigenvalue weighted by Crippen LogP contribution is 2.12. The molecule has 36 heavy (non-hydrogen) atoms. The van der Waals surface area contributed by atoms with Crippen LogP contribution in [0.5, 0.6) is 0 Å². The standard InChI is InChI=1S/C25H43N5O6/c1-7-16(6)21(30-25(36)29-20(15(4)5)24(34)35)23(33)28-18-10-8-9-13-26-19(31)12-11-17(14(2)3)27-22(18)32/h11-12,14-18,20-21H,7-10,13H2,1-6H3,(H,26,31)(H,27,32)(H,28,33)(H,34,35)(H2,29,30,36). The summed E-state index contributed by atoms with van der Waals surface area (Å²) in [6.07, 6.45) is 5.19. The number of rotatable bonds is 9. The van der Waals surface area contributed by atoms with Crippen LogP contribution in [0.25, 0.3) is 0 Å². The number of aliphatic carboxylic acids is 1. The predicted octanol–water partition coefficient (Wildman–Crippen LogP) is 1.29. The van der Waals surface area contributed by atoms with Crippen LogP contribution in [0.1, 0.15) is 67.2 Å². The minimum atomic E-state index is -1.17. The average molecular weight is 510 g/mol. The van der Waals surface area contributed by atoms with Gasteiger partial charge in [0.1, 0.15) is 18.1 Å². The predicted molar refractivity (Wildman–Crippen MR) is 136 cm³/mol. The van der Waals surface area contributed by atoms with Crippen molar-refractivity contribution in [1.82, 2.24) is 26.6 Å². The molecule has 0 radical (unpaired) electrons. The zero-order valence-electron chi connectivity index (χ0n) is 22.2. The molecule has 5 amide bonds. The van der Waals surface area contributed by atoms with Gasteiger partial charge < -0.3 is 31.7 Å². The Hall–Kier alpha value is -3.11. The molecule has 11 nitrogen and oxygen atoms in total. The Balaban J connectivity index is 3.04. The van der Waals surface area contributed by atoms with Gasteiger partial charge in [0.25, 0.3) is 0 Å². The smallest absolute Gasteiger partial charge is 0.326 e. The summed E-state index contributed by atoms with van der Waals surface area (Å²) in [5.41, 5.74) is 0. The van der Waals surface area contributed by atoms with Crippen LogP contribution in [0.2, 0.25) is 0 Å². The van der Waals surface area contributed by atoms with E-state index in [0.29, 0.717) is 32.2 Å². The third kappa shape index (κ3) is 10.2. The highest BCUT2D eigenvalue weighted by atomic mass is 16.4. The van der Waals surface area contributed by atoms with Crippen LogP contribution in [0, 0.1) is 17.8 Å². The molecule has 6 N–H and O–H groups in total. The normalized spacial score (nSPS) is 21.8. The second-order valence-corrected chi connectivity index (χ2v) is 10.0. The van der Waals surface area contributed by atoms with Gasteiger partial charge in [-0.05, 0) is 37.0 Å². The van der Waals surface area contributed by atoms with E-state index in [1.807, 2.05) is 20.8 Å². The number of hydrogen-bond acceptors (Lipinski definition) is 5. The molecule has 204 valence electrons. The molecule has 0 aromatic heterocycles. The van der Waals surface area contributed by atoms with Crippen LogP contribution in [0.15, 0.2) is 12.2 Å². The van der Waals surface area contributed by atoms with Crippen molar-refractivity contribution in [3.8, 4) is 0 Å². The summed E-state index contributed by atoms with van der Waals surface area (Å²) in [6, 6.07) is -4.07. The second kappa shape index (κ2) is 15.1. The van der Waals surface area contributed by atoms with E-state index in [1.54, 1.807) is 26.8 Å². The SMILES string of the molecule is CCC(C)C(NC(=O)NC(C(=O)O)C(C)C)C(=O)NC1CCCCNC(=O)C=CC(C(C)C)NC1=O. The number of hydrogen-bond donors (Lipinski definition) is 6. The molecule has 0 saturated heterocycles. The van der Waals surface area contributed by atoms with Gasteiger partial charge in [-0.15, -0.1) is 0 Å². The molecule has 0 aromatic carbocycles. The molecule has 1 heterocycles. The van der Waals surface area contributed by atoms with Crippen molar-refractivity contribution in [3.05, 3.63) is 12.2 Å². The summed E-state index contributed by atoms with van der Waals surface area (Å²) in [7, 11) is 0. The van der Waals surface area contributed by atoms with Crippen LogP contribution < -0.4 is 26.6 Å². The summed E-state index contributed by atoms with van der Waals surface area (Å²) in [6.45, 7) is 11.3. The highest BCUT2D eigenvalue weighted by molar-refractivity contribution is 5.93. The van der Waals surface area contributed by atoms with Gasteiger partial charge >= 0.3 is 12.0 Å². The Labute approximate surface area is 213 Å². The van der Waals surface area contributed by atoms with E-state index >= 15 is 0 Å². The van der Waals surface area contributed by atoms with Gasteiger partial charge in [-0.2, -0.15) is 0 Å².